The second-order valence-electron chi connectivity index (χ2n) is 4.93. The lowest BCUT2D eigenvalue weighted by Crippen LogP contribution is -2.31. The minimum Gasteiger partial charge on any atom is -0.312 e. The van der Waals surface area contributed by atoms with Crippen molar-refractivity contribution in [2.45, 2.75) is 37.6 Å². The molecule has 100 valence electrons. The minimum absolute atomic E-state index is 0.164. The first-order chi connectivity index (χ1) is 8.66. The third-order valence-corrected chi connectivity index (χ3v) is 4.62. The number of halogens is 3. The molecule has 0 aromatic heterocycles. The smallest absolute Gasteiger partial charge is 0.128 e. The third-order valence-electron chi connectivity index (χ3n) is 3.55. The van der Waals surface area contributed by atoms with Crippen molar-refractivity contribution in [2.75, 3.05) is 6.54 Å². The Hall–Kier alpha value is -0.120. The first-order valence-electron chi connectivity index (χ1n) is 6.45. The van der Waals surface area contributed by atoms with E-state index in [-0.39, 0.29) is 11.2 Å². The molecule has 1 saturated carbocycles. The summed E-state index contributed by atoms with van der Waals surface area (Å²) in [4.78, 5) is 0. The Kier molecular flexibility index (Phi) is 5.46. The van der Waals surface area contributed by atoms with Gasteiger partial charge in [-0.15, -0.1) is 11.6 Å². The predicted molar refractivity (Wildman–Crippen MR) is 77.4 cm³/mol. The van der Waals surface area contributed by atoms with Crippen molar-refractivity contribution in [3.63, 3.8) is 0 Å². The van der Waals surface area contributed by atoms with Gasteiger partial charge < -0.3 is 5.32 Å². The van der Waals surface area contributed by atoms with Crippen molar-refractivity contribution in [1.29, 1.82) is 0 Å². The molecule has 1 N–H and O–H groups in total. The summed E-state index contributed by atoms with van der Waals surface area (Å²) in [6.07, 6.45) is 4.80. The van der Waals surface area contributed by atoms with Crippen LogP contribution in [0.25, 0.3) is 0 Å². The summed E-state index contributed by atoms with van der Waals surface area (Å²) in [5, 5.41) is 3.60. The maximum Gasteiger partial charge on any atom is 0.128 e. The van der Waals surface area contributed by atoms with Gasteiger partial charge in [0.15, 0.2) is 0 Å². The van der Waals surface area contributed by atoms with Crippen molar-refractivity contribution in [2.24, 2.45) is 5.92 Å². The molecule has 1 nitrogen and oxygen atoms in total. The number of hydrogen-bond acceptors (Lipinski definition) is 1. The molecule has 0 amide bonds. The Balaban J connectivity index is 1.81. The summed E-state index contributed by atoms with van der Waals surface area (Å²) < 4.78 is 14.4. The molecule has 0 saturated heterocycles. The molecule has 18 heavy (non-hydrogen) atoms. The predicted octanol–water partition coefficient (Wildman–Crippen LogP) is 4.48. The van der Waals surface area contributed by atoms with Crippen LogP contribution >= 0.6 is 27.5 Å². The lowest BCUT2D eigenvalue weighted by atomic mass is 9.89. The molecule has 1 aromatic rings. The topological polar surface area (TPSA) is 12.0 Å². The van der Waals surface area contributed by atoms with Gasteiger partial charge in [-0.05, 0) is 37.4 Å². The number of hydrogen-bond donors (Lipinski definition) is 1. The molecule has 0 radical (unpaired) electrons. The van der Waals surface area contributed by atoms with Gasteiger partial charge in [0, 0.05) is 22.0 Å². The monoisotopic (exact) mass is 333 g/mol. The van der Waals surface area contributed by atoms with Gasteiger partial charge in [-0.1, -0.05) is 34.8 Å². The molecule has 1 fully saturated rings. The Morgan fingerprint density at radius 1 is 1.33 bits per heavy atom. The van der Waals surface area contributed by atoms with Gasteiger partial charge in [-0.2, -0.15) is 0 Å². The number of nitrogens with one attached hydrogen (secondary N) is 1. The highest BCUT2D eigenvalue weighted by Gasteiger charge is 2.22. The second-order valence-corrected chi connectivity index (χ2v) is 6.40. The molecular formula is C14H18BrClFN. The fraction of sp³-hybridized carbons (Fsp3) is 0.571. The van der Waals surface area contributed by atoms with E-state index in [9.17, 15) is 4.39 Å². The average molecular weight is 335 g/mol. The van der Waals surface area contributed by atoms with Gasteiger partial charge in [0.1, 0.15) is 5.82 Å². The quantitative estimate of drug-likeness (QED) is 0.801. The summed E-state index contributed by atoms with van der Waals surface area (Å²) in [6, 6.07) is 5.18. The average Bonchev–Trinajstić information content (AvgIpc) is 2.34. The highest BCUT2D eigenvalue weighted by atomic mass is 79.9. The molecular weight excluding hydrogens is 317 g/mol. The molecule has 4 heteroatoms. The van der Waals surface area contributed by atoms with Crippen molar-refractivity contribution >= 4 is 27.5 Å². The first kappa shape index (κ1) is 14.3. The highest BCUT2D eigenvalue weighted by molar-refractivity contribution is 9.10. The van der Waals surface area contributed by atoms with E-state index in [0.717, 1.165) is 17.4 Å². The molecule has 1 aromatic carbocycles. The zero-order valence-corrected chi connectivity index (χ0v) is 12.6. The van der Waals surface area contributed by atoms with Gasteiger partial charge in [0.05, 0.1) is 0 Å². The van der Waals surface area contributed by atoms with Crippen molar-refractivity contribution < 1.29 is 4.39 Å². The van der Waals surface area contributed by atoms with E-state index < -0.39 is 0 Å². The standard InChI is InChI=1S/C14H18BrClFN/c15-12-6-5-11(14(17)7-12)9-18-8-10-3-1-2-4-13(10)16/h5-7,10,13,18H,1-4,8-9H2. The Labute approximate surface area is 121 Å². The Bertz CT molecular complexity index is 399. The van der Waals surface area contributed by atoms with E-state index in [2.05, 4.69) is 21.2 Å². The van der Waals surface area contributed by atoms with Gasteiger partial charge >= 0.3 is 0 Å². The van der Waals surface area contributed by atoms with E-state index >= 15 is 0 Å². The molecule has 0 heterocycles. The molecule has 1 aliphatic rings. The van der Waals surface area contributed by atoms with E-state index in [1.807, 2.05) is 12.1 Å². The Morgan fingerprint density at radius 3 is 2.83 bits per heavy atom. The van der Waals surface area contributed by atoms with Gasteiger partial charge in [0.2, 0.25) is 0 Å². The van der Waals surface area contributed by atoms with Crippen LogP contribution in [0.4, 0.5) is 4.39 Å². The maximum atomic E-state index is 13.6. The zero-order chi connectivity index (χ0) is 13.0. The van der Waals surface area contributed by atoms with Crippen LogP contribution in [0.2, 0.25) is 0 Å². The SMILES string of the molecule is Fc1cc(Br)ccc1CNCC1CCCCC1Cl. The first-order valence-corrected chi connectivity index (χ1v) is 7.68. The van der Waals surface area contributed by atoms with Crippen LogP contribution < -0.4 is 5.32 Å². The summed E-state index contributed by atoms with van der Waals surface area (Å²) >= 11 is 9.55. The van der Waals surface area contributed by atoms with Crippen LogP contribution in [0.5, 0.6) is 0 Å². The molecule has 0 aliphatic heterocycles. The lowest BCUT2D eigenvalue weighted by Gasteiger charge is -2.27. The van der Waals surface area contributed by atoms with Crippen molar-refractivity contribution in [1.82, 2.24) is 5.32 Å². The molecule has 1 aliphatic carbocycles. The molecule has 2 unspecified atom stereocenters. The van der Waals surface area contributed by atoms with Crippen LogP contribution in [0, 0.1) is 11.7 Å². The largest absolute Gasteiger partial charge is 0.312 e. The lowest BCUT2D eigenvalue weighted by molar-refractivity contribution is 0.347. The minimum atomic E-state index is -0.164. The number of benzene rings is 1. The highest BCUT2D eigenvalue weighted by Crippen LogP contribution is 2.28. The van der Waals surface area contributed by atoms with Gasteiger partial charge in [0.25, 0.3) is 0 Å². The van der Waals surface area contributed by atoms with Crippen molar-refractivity contribution in [3.8, 4) is 0 Å². The third kappa shape index (κ3) is 3.94. The van der Waals surface area contributed by atoms with E-state index in [1.165, 1.54) is 25.3 Å². The van der Waals surface area contributed by atoms with Crippen LogP contribution in [-0.2, 0) is 6.54 Å². The summed E-state index contributed by atoms with van der Waals surface area (Å²) in [5.41, 5.74) is 0.708. The molecule has 0 spiro atoms. The maximum absolute atomic E-state index is 13.6. The normalized spacial score (nSPS) is 24.2. The molecule has 2 rings (SSSR count). The van der Waals surface area contributed by atoms with Crippen LogP contribution in [-0.4, -0.2) is 11.9 Å². The molecule has 2 atom stereocenters. The number of rotatable bonds is 4. The fourth-order valence-electron chi connectivity index (χ4n) is 2.45. The van der Waals surface area contributed by atoms with Gasteiger partial charge in [-0.3, -0.25) is 0 Å². The molecule has 0 bridgehead atoms. The number of alkyl halides is 1. The fourth-order valence-corrected chi connectivity index (χ4v) is 3.15. The van der Waals surface area contributed by atoms with Crippen LogP contribution in [0.15, 0.2) is 22.7 Å². The summed E-state index contributed by atoms with van der Waals surface area (Å²) in [7, 11) is 0. The van der Waals surface area contributed by atoms with E-state index in [0.29, 0.717) is 18.0 Å². The van der Waals surface area contributed by atoms with Gasteiger partial charge in [-0.25, -0.2) is 4.39 Å². The second kappa shape index (κ2) is 6.88. The summed E-state index contributed by atoms with van der Waals surface area (Å²) in [5.74, 6) is 0.363. The Morgan fingerprint density at radius 2 is 2.11 bits per heavy atom. The zero-order valence-electron chi connectivity index (χ0n) is 10.3. The van der Waals surface area contributed by atoms with Crippen LogP contribution in [0.3, 0.4) is 0 Å². The van der Waals surface area contributed by atoms with Crippen LogP contribution in [0.1, 0.15) is 31.2 Å². The van der Waals surface area contributed by atoms with Crippen molar-refractivity contribution in [3.05, 3.63) is 34.1 Å². The van der Waals surface area contributed by atoms with E-state index in [1.54, 1.807) is 0 Å². The van der Waals surface area contributed by atoms with E-state index in [4.69, 9.17) is 11.6 Å². The summed E-state index contributed by atoms with van der Waals surface area (Å²) in [6.45, 7) is 1.45.